The van der Waals surface area contributed by atoms with Crippen molar-refractivity contribution >= 4 is 5.91 Å². The highest BCUT2D eigenvalue weighted by atomic mass is 19.4. The van der Waals surface area contributed by atoms with Crippen molar-refractivity contribution in [2.45, 2.75) is 33.0 Å². The summed E-state index contributed by atoms with van der Waals surface area (Å²) in [5.74, 6) is -1.85. The van der Waals surface area contributed by atoms with Gasteiger partial charge in [-0.3, -0.25) is 4.79 Å². The lowest BCUT2D eigenvalue weighted by Gasteiger charge is -2.34. The predicted octanol–water partition coefficient (Wildman–Crippen LogP) is 3.46. The van der Waals surface area contributed by atoms with Crippen molar-refractivity contribution in [2.24, 2.45) is 5.41 Å². The first-order chi connectivity index (χ1) is 12.4. The molecule has 0 unspecified atom stereocenters. The van der Waals surface area contributed by atoms with Gasteiger partial charge in [0.15, 0.2) is 0 Å². The number of hydrogen-bond donors (Lipinski definition) is 1. The molecule has 1 aromatic carbocycles. The monoisotopic (exact) mass is 384 g/mol. The first-order valence-electron chi connectivity index (χ1n) is 8.37. The van der Waals surface area contributed by atoms with Gasteiger partial charge in [0.2, 0.25) is 5.82 Å². The molecular weight excluding hydrogens is 361 g/mol. The topological polar surface area (TPSA) is 71.3 Å². The van der Waals surface area contributed by atoms with Gasteiger partial charge in [-0.25, -0.2) is 0 Å². The van der Waals surface area contributed by atoms with Crippen LogP contribution in [0.25, 0.3) is 11.4 Å². The maximum atomic E-state index is 12.5. The summed E-state index contributed by atoms with van der Waals surface area (Å²) in [5, 5.41) is 6.29. The maximum absolute atomic E-state index is 12.5. The molecule has 6 nitrogen and oxygen atoms in total. The summed E-state index contributed by atoms with van der Waals surface area (Å²) in [5.41, 5.74) is 0.579. The number of nitrogens with one attached hydrogen (secondary N) is 1. The van der Waals surface area contributed by atoms with Crippen LogP contribution in [0.1, 0.15) is 37.0 Å². The number of nitrogens with zero attached hydrogens (tertiary/aromatic N) is 3. The second-order valence-electron chi connectivity index (χ2n) is 7.42. The Balaban J connectivity index is 2.08. The van der Waals surface area contributed by atoms with Crippen LogP contribution in [0.2, 0.25) is 0 Å². The van der Waals surface area contributed by atoms with Crippen molar-refractivity contribution in [3.8, 4) is 11.4 Å². The minimum absolute atomic E-state index is 0.0846. The summed E-state index contributed by atoms with van der Waals surface area (Å²) >= 11 is 0. The van der Waals surface area contributed by atoms with Crippen molar-refractivity contribution < 1.29 is 22.5 Å². The average molecular weight is 384 g/mol. The van der Waals surface area contributed by atoms with Crippen molar-refractivity contribution in [2.75, 3.05) is 20.6 Å². The van der Waals surface area contributed by atoms with Crippen LogP contribution >= 0.6 is 0 Å². The third-order valence-corrected chi connectivity index (χ3v) is 4.32. The molecule has 148 valence electrons. The number of aromatic nitrogens is 2. The van der Waals surface area contributed by atoms with E-state index >= 15 is 0 Å². The van der Waals surface area contributed by atoms with Crippen molar-refractivity contribution in [3.63, 3.8) is 0 Å². The van der Waals surface area contributed by atoms with Gasteiger partial charge in [-0.15, -0.1) is 0 Å². The average Bonchev–Trinajstić information content (AvgIpc) is 3.04. The van der Waals surface area contributed by atoms with Gasteiger partial charge in [-0.2, -0.15) is 18.2 Å². The lowest BCUT2D eigenvalue weighted by molar-refractivity contribution is -0.159. The Labute approximate surface area is 155 Å². The van der Waals surface area contributed by atoms with Crippen LogP contribution in [0, 0.1) is 5.41 Å². The van der Waals surface area contributed by atoms with Crippen LogP contribution < -0.4 is 5.32 Å². The molecule has 0 aliphatic carbocycles. The number of hydrogen-bond acceptors (Lipinski definition) is 5. The molecule has 0 bridgehead atoms. The Morgan fingerprint density at radius 2 is 1.81 bits per heavy atom. The fourth-order valence-electron chi connectivity index (χ4n) is 2.65. The van der Waals surface area contributed by atoms with Crippen LogP contribution in [0.5, 0.6) is 0 Å². The van der Waals surface area contributed by atoms with Crippen LogP contribution in [-0.2, 0) is 6.18 Å². The van der Waals surface area contributed by atoms with Gasteiger partial charge in [0.05, 0.1) is 0 Å². The molecular formula is C18H23F3N4O2. The van der Waals surface area contributed by atoms with Crippen LogP contribution in [-0.4, -0.2) is 47.6 Å². The zero-order chi connectivity index (χ0) is 20.4. The summed E-state index contributed by atoms with van der Waals surface area (Å²) in [7, 11) is 3.94. The summed E-state index contributed by atoms with van der Waals surface area (Å²) in [6.07, 6.45) is -4.69. The third-order valence-electron chi connectivity index (χ3n) is 4.32. The van der Waals surface area contributed by atoms with Gasteiger partial charge < -0.3 is 14.7 Å². The number of carbonyl (C=O) groups is 1. The molecule has 2 aromatic rings. The quantitative estimate of drug-likeness (QED) is 0.826. The normalized spacial score (nSPS) is 13.7. The van der Waals surface area contributed by atoms with E-state index < -0.39 is 12.1 Å². The number of benzene rings is 1. The second kappa shape index (κ2) is 7.67. The van der Waals surface area contributed by atoms with E-state index in [1.54, 1.807) is 0 Å². The molecule has 0 aliphatic heterocycles. The van der Waals surface area contributed by atoms with E-state index in [-0.39, 0.29) is 23.2 Å². The largest absolute Gasteiger partial charge is 0.471 e. The second-order valence-corrected chi connectivity index (χ2v) is 7.42. The van der Waals surface area contributed by atoms with E-state index in [1.807, 2.05) is 21.0 Å². The number of carbonyl (C=O) groups excluding carboxylic acids is 1. The minimum Gasteiger partial charge on any atom is -0.349 e. The number of rotatable bonds is 6. The number of halogens is 3. The first-order valence-corrected chi connectivity index (χ1v) is 8.37. The lowest BCUT2D eigenvalue weighted by Crippen LogP contribution is -2.47. The van der Waals surface area contributed by atoms with E-state index in [0.29, 0.717) is 11.1 Å². The van der Waals surface area contributed by atoms with Gasteiger partial charge in [-0.1, -0.05) is 31.1 Å². The van der Waals surface area contributed by atoms with Crippen molar-refractivity contribution in [1.82, 2.24) is 20.4 Å². The first kappa shape index (κ1) is 20.9. The fourth-order valence-corrected chi connectivity index (χ4v) is 2.65. The predicted molar refractivity (Wildman–Crippen MR) is 94.0 cm³/mol. The molecule has 0 fully saturated rings. The summed E-state index contributed by atoms with van der Waals surface area (Å²) in [6, 6.07) is 5.91. The third kappa shape index (κ3) is 5.29. The highest BCUT2D eigenvalue weighted by Gasteiger charge is 2.38. The molecule has 1 atom stereocenters. The van der Waals surface area contributed by atoms with Crippen LogP contribution in [0.3, 0.4) is 0 Å². The van der Waals surface area contributed by atoms with Gasteiger partial charge in [-0.05, 0) is 38.6 Å². The Kier molecular flexibility index (Phi) is 5.94. The zero-order valence-corrected chi connectivity index (χ0v) is 15.9. The Bertz CT molecular complexity index is 783. The molecule has 1 N–H and O–H groups in total. The van der Waals surface area contributed by atoms with Crippen molar-refractivity contribution in [3.05, 3.63) is 35.7 Å². The van der Waals surface area contributed by atoms with E-state index in [0.717, 1.165) is 6.54 Å². The summed E-state index contributed by atoms with van der Waals surface area (Å²) in [6.45, 7) is 6.87. The van der Waals surface area contributed by atoms with Gasteiger partial charge in [0.25, 0.3) is 5.91 Å². The molecule has 9 heteroatoms. The van der Waals surface area contributed by atoms with E-state index in [4.69, 9.17) is 0 Å². The fraction of sp³-hybridized carbons (Fsp3) is 0.500. The number of alkyl halides is 3. The zero-order valence-electron chi connectivity index (χ0n) is 15.9. The Morgan fingerprint density at radius 3 is 2.30 bits per heavy atom. The molecule has 1 heterocycles. The minimum atomic E-state index is -4.69. The standard InChI is InChI=1S/C18H23F3N4O2/c1-11(17(2,3)10-25(4)5)22-15(26)13-8-6-12(7-9-13)14-23-16(27-24-14)18(19,20)21/h6-9,11H,10H2,1-5H3,(H,22,26)/t11-/m0/s1. The highest BCUT2D eigenvalue weighted by molar-refractivity contribution is 5.94. The lowest BCUT2D eigenvalue weighted by atomic mass is 9.84. The van der Waals surface area contributed by atoms with Gasteiger partial charge in [0, 0.05) is 23.7 Å². The number of amides is 1. The van der Waals surface area contributed by atoms with E-state index in [1.165, 1.54) is 24.3 Å². The smallest absolute Gasteiger partial charge is 0.349 e. The van der Waals surface area contributed by atoms with Crippen LogP contribution in [0.15, 0.2) is 28.8 Å². The molecule has 0 aliphatic rings. The van der Waals surface area contributed by atoms with Gasteiger partial charge in [0.1, 0.15) is 0 Å². The molecule has 0 saturated heterocycles. The molecule has 0 saturated carbocycles. The van der Waals surface area contributed by atoms with E-state index in [9.17, 15) is 18.0 Å². The maximum Gasteiger partial charge on any atom is 0.471 e. The molecule has 1 aromatic heterocycles. The molecule has 1 amide bonds. The highest BCUT2D eigenvalue weighted by Crippen LogP contribution is 2.29. The van der Waals surface area contributed by atoms with Gasteiger partial charge >= 0.3 is 12.1 Å². The molecule has 0 spiro atoms. The SMILES string of the molecule is C[C@H](NC(=O)c1ccc(-c2noc(C(F)(F)F)n2)cc1)C(C)(C)CN(C)C. The summed E-state index contributed by atoms with van der Waals surface area (Å²) in [4.78, 5) is 17.8. The summed E-state index contributed by atoms with van der Waals surface area (Å²) < 4.78 is 41.8. The Morgan fingerprint density at radius 1 is 1.22 bits per heavy atom. The molecule has 2 rings (SSSR count). The molecule has 27 heavy (non-hydrogen) atoms. The van der Waals surface area contributed by atoms with Crippen LogP contribution in [0.4, 0.5) is 13.2 Å². The molecule has 0 radical (unpaired) electrons. The van der Waals surface area contributed by atoms with E-state index in [2.05, 4.69) is 38.7 Å². The van der Waals surface area contributed by atoms with Crippen molar-refractivity contribution in [1.29, 1.82) is 0 Å². The Hall–Kier alpha value is -2.42.